The molecule has 2 N–H and O–H groups in total. The normalized spacial score (nSPS) is 10.6. The van der Waals surface area contributed by atoms with E-state index in [1.165, 1.54) is 0 Å². The number of allylic oxidation sites excluding steroid dienone is 1. The minimum atomic E-state index is -0.191. The molecule has 0 amide bonds. The van der Waals surface area contributed by atoms with Crippen LogP contribution in [0.2, 0.25) is 0 Å². The predicted octanol–water partition coefficient (Wildman–Crippen LogP) is 1.62. The van der Waals surface area contributed by atoms with E-state index in [9.17, 15) is 4.79 Å². The zero-order chi connectivity index (χ0) is 12.3. The van der Waals surface area contributed by atoms with Gasteiger partial charge in [-0.2, -0.15) is 0 Å². The highest BCUT2D eigenvalue weighted by Gasteiger charge is 2.07. The first-order chi connectivity index (χ1) is 8.24. The van der Waals surface area contributed by atoms with Crippen LogP contribution in [0.25, 0.3) is 10.9 Å². The van der Waals surface area contributed by atoms with Gasteiger partial charge in [-0.3, -0.25) is 4.79 Å². The molecule has 0 atom stereocenters. The number of nitrogen functional groups attached to an aromatic ring is 1. The molecule has 4 heteroatoms. The number of hydrogen-bond acceptors (Lipinski definition) is 3. The van der Waals surface area contributed by atoms with E-state index >= 15 is 0 Å². The van der Waals surface area contributed by atoms with Crippen molar-refractivity contribution in [2.75, 3.05) is 5.84 Å². The van der Waals surface area contributed by atoms with Crippen molar-refractivity contribution < 1.29 is 0 Å². The Bertz CT molecular complexity index is 601. The maximum atomic E-state index is 12.0. The molecular weight excluding hydrogens is 214 g/mol. The van der Waals surface area contributed by atoms with Crippen LogP contribution in [0.15, 0.2) is 41.7 Å². The van der Waals surface area contributed by atoms with Crippen LogP contribution in [0.5, 0.6) is 0 Å². The quantitative estimate of drug-likeness (QED) is 0.492. The van der Waals surface area contributed by atoms with Crippen molar-refractivity contribution in [2.45, 2.75) is 19.3 Å². The molecule has 0 radical (unpaired) electrons. The Labute approximate surface area is 99.4 Å². The molecule has 2 rings (SSSR count). The molecule has 4 nitrogen and oxygen atoms in total. The van der Waals surface area contributed by atoms with Gasteiger partial charge in [-0.05, 0) is 25.0 Å². The topological polar surface area (TPSA) is 60.9 Å². The third-order valence-corrected chi connectivity index (χ3v) is 2.69. The van der Waals surface area contributed by atoms with Gasteiger partial charge in [0.05, 0.1) is 10.9 Å². The third kappa shape index (κ3) is 2.20. The van der Waals surface area contributed by atoms with E-state index in [-0.39, 0.29) is 5.56 Å². The molecule has 0 unspecified atom stereocenters. The van der Waals surface area contributed by atoms with Crippen LogP contribution in [0, 0.1) is 0 Å². The first kappa shape index (κ1) is 11.4. The first-order valence-corrected chi connectivity index (χ1v) is 5.60. The first-order valence-electron chi connectivity index (χ1n) is 5.60. The van der Waals surface area contributed by atoms with Crippen molar-refractivity contribution in [3.8, 4) is 0 Å². The second-order valence-corrected chi connectivity index (χ2v) is 3.90. The van der Waals surface area contributed by atoms with Gasteiger partial charge in [0.25, 0.3) is 5.56 Å². The SMILES string of the molecule is C=CCCCc1nc2ccccc2c(=O)n1N. The summed E-state index contributed by atoms with van der Waals surface area (Å²) in [6.07, 6.45) is 4.32. The highest BCUT2D eigenvalue weighted by atomic mass is 16.1. The van der Waals surface area contributed by atoms with E-state index in [4.69, 9.17) is 5.84 Å². The van der Waals surface area contributed by atoms with Gasteiger partial charge in [-0.15, -0.1) is 6.58 Å². The summed E-state index contributed by atoms with van der Waals surface area (Å²) in [4.78, 5) is 16.4. The van der Waals surface area contributed by atoms with Crippen molar-refractivity contribution in [1.29, 1.82) is 0 Å². The lowest BCUT2D eigenvalue weighted by atomic mass is 10.2. The smallest absolute Gasteiger partial charge is 0.279 e. The molecule has 88 valence electrons. The number of unbranched alkanes of at least 4 members (excludes halogenated alkanes) is 1. The Kier molecular flexibility index (Phi) is 3.23. The van der Waals surface area contributed by atoms with Crippen LogP contribution in [-0.2, 0) is 6.42 Å². The Morgan fingerprint density at radius 2 is 2.18 bits per heavy atom. The van der Waals surface area contributed by atoms with E-state index in [0.717, 1.165) is 17.5 Å². The lowest BCUT2D eigenvalue weighted by molar-refractivity contribution is 0.726. The van der Waals surface area contributed by atoms with Crippen LogP contribution >= 0.6 is 0 Å². The molecule has 0 bridgehead atoms. The third-order valence-electron chi connectivity index (χ3n) is 2.69. The summed E-state index contributed by atoms with van der Waals surface area (Å²) in [6.45, 7) is 3.66. The number of hydrogen-bond donors (Lipinski definition) is 1. The van der Waals surface area contributed by atoms with E-state index < -0.39 is 0 Å². The summed E-state index contributed by atoms with van der Waals surface area (Å²) >= 11 is 0. The van der Waals surface area contributed by atoms with Crippen molar-refractivity contribution in [2.24, 2.45) is 0 Å². The van der Waals surface area contributed by atoms with E-state index in [2.05, 4.69) is 11.6 Å². The summed E-state index contributed by atoms with van der Waals surface area (Å²) in [6, 6.07) is 7.24. The molecule has 0 saturated heterocycles. The van der Waals surface area contributed by atoms with Crippen LogP contribution in [-0.4, -0.2) is 9.66 Å². The van der Waals surface area contributed by atoms with E-state index in [1.54, 1.807) is 6.07 Å². The molecule has 1 aromatic carbocycles. The summed E-state index contributed by atoms with van der Waals surface area (Å²) in [5.41, 5.74) is 0.511. The van der Waals surface area contributed by atoms with Crippen LogP contribution in [0.1, 0.15) is 18.7 Å². The number of benzene rings is 1. The molecule has 2 aromatic rings. The van der Waals surface area contributed by atoms with Gasteiger partial charge in [0.2, 0.25) is 0 Å². The fourth-order valence-electron chi connectivity index (χ4n) is 1.77. The highest BCUT2D eigenvalue weighted by Crippen LogP contribution is 2.08. The maximum absolute atomic E-state index is 12.0. The average molecular weight is 229 g/mol. The highest BCUT2D eigenvalue weighted by molar-refractivity contribution is 5.77. The Balaban J connectivity index is 2.46. The van der Waals surface area contributed by atoms with Crippen molar-refractivity contribution in [1.82, 2.24) is 9.66 Å². The number of aromatic nitrogens is 2. The van der Waals surface area contributed by atoms with Crippen molar-refractivity contribution in [3.05, 3.63) is 53.1 Å². The zero-order valence-electron chi connectivity index (χ0n) is 9.60. The summed E-state index contributed by atoms with van der Waals surface area (Å²) in [5.74, 6) is 6.37. The molecule has 0 saturated carbocycles. The number of aryl methyl sites for hydroxylation is 1. The summed E-state index contributed by atoms with van der Waals surface area (Å²) in [5, 5.41) is 0.558. The van der Waals surface area contributed by atoms with Gasteiger partial charge in [0.1, 0.15) is 5.82 Å². The standard InChI is InChI=1S/C13H15N3O/c1-2-3-4-9-12-15-11-8-6-5-7-10(11)13(17)16(12)14/h2,5-8H,1,3-4,9,14H2. The second-order valence-electron chi connectivity index (χ2n) is 3.90. The van der Waals surface area contributed by atoms with Crippen LogP contribution in [0.4, 0.5) is 0 Å². The summed E-state index contributed by atoms with van der Waals surface area (Å²) in [7, 11) is 0. The predicted molar refractivity (Wildman–Crippen MR) is 69.3 cm³/mol. The second kappa shape index (κ2) is 4.82. The molecule has 1 aromatic heterocycles. The Hall–Kier alpha value is -2.10. The minimum Gasteiger partial charge on any atom is -0.335 e. The van der Waals surface area contributed by atoms with Gasteiger partial charge < -0.3 is 5.84 Å². The van der Waals surface area contributed by atoms with Gasteiger partial charge in [-0.25, -0.2) is 9.66 Å². The molecule has 0 aliphatic heterocycles. The zero-order valence-corrected chi connectivity index (χ0v) is 9.60. The monoisotopic (exact) mass is 229 g/mol. The van der Waals surface area contributed by atoms with Gasteiger partial charge in [-0.1, -0.05) is 18.2 Å². The Morgan fingerprint density at radius 1 is 1.41 bits per heavy atom. The molecule has 0 fully saturated rings. The average Bonchev–Trinajstić information content (AvgIpc) is 2.35. The van der Waals surface area contributed by atoms with Gasteiger partial charge in [0, 0.05) is 6.42 Å². The molecule has 0 spiro atoms. The fourth-order valence-corrected chi connectivity index (χ4v) is 1.77. The van der Waals surface area contributed by atoms with Crippen LogP contribution in [0.3, 0.4) is 0 Å². The number of rotatable bonds is 4. The largest absolute Gasteiger partial charge is 0.335 e. The number of fused-ring (bicyclic) bond motifs is 1. The number of nitrogens with zero attached hydrogens (tertiary/aromatic N) is 2. The molecule has 0 aliphatic carbocycles. The number of para-hydroxylation sites is 1. The molecule has 1 heterocycles. The summed E-state index contributed by atoms with van der Waals surface area (Å²) < 4.78 is 1.14. The van der Waals surface area contributed by atoms with Gasteiger partial charge >= 0.3 is 0 Å². The Morgan fingerprint density at radius 3 is 2.94 bits per heavy atom. The minimum absolute atomic E-state index is 0.191. The fraction of sp³-hybridized carbons (Fsp3) is 0.231. The lowest BCUT2D eigenvalue weighted by Crippen LogP contribution is -2.31. The van der Waals surface area contributed by atoms with Crippen molar-refractivity contribution in [3.63, 3.8) is 0 Å². The van der Waals surface area contributed by atoms with E-state index in [0.29, 0.717) is 23.1 Å². The molecule has 17 heavy (non-hydrogen) atoms. The van der Waals surface area contributed by atoms with E-state index in [1.807, 2.05) is 24.3 Å². The lowest BCUT2D eigenvalue weighted by Gasteiger charge is -2.07. The van der Waals surface area contributed by atoms with Crippen LogP contribution < -0.4 is 11.4 Å². The number of nitrogens with two attached hydrogens (primary N) is 1. The molecule has 0 aliphatic rings. The van der Waals surface area contributed by atoms with Gasteiger partial charge in [0.15, 0.2) is 0 Å². The maximum Gasteiger partial charge on any atom is 0.279 e. The molecular formula is C13H15N3O. The van der Waals surface area contributed by atoms with Crippen molar-refractivity contribution >= 4 is 10.9 Å².